The van der Waals surface area contributed by atoms with Crippen molar-refractivity contribution in [2.75, 3.05) is 23.7 Å². The Hall–Kier alpha value is -2.71. The van der Waals surface area contributed by atoms with Gasteiger partial charge >= 0.3 is 0 Å². The summed E-state index contributed by atoms with van der Waals surface area (Å²) in [6.07, 6.45) is 4.73. The molecule has 0 bridgehead atoms. The summed E-state index contributed by atoms with van der Waals surface area (Å²) in [6, 6.07) is 14.1. The number of benzene rings is 2. The van der Waals surface area contributed by atoms with E-state index < -0.39 is 10.0 Å². The van der Waals surface area contributed by atoms with Crippen molar-refractivity contribution in [1.82, 2.24) is 4.57 Å². The highest BCUT2D eigenvalue weighted by Crippen LogP contribution is 2.47. The van der Waals surface area contributed by atoms with E-state index in [1.807, 2.05) is 36.4 Å². The van der Waals surface area contributed by atoms with Crippen LogP contribution in [0.15, 0.2) is 42.5 Å². The zero-order chi connectivity index (χ0) is 21.9. The number of hydrogen-bond acceptors (Lipinski definition) is 5. The van der Waals surface area contributed by atoms with E-state index in [0.29, 0.717) is 18.3 Å². The molecular weight excluding hydrogens is 426 g/mol. The first-order valence-corrected chi connectivity index (χ1v) is 12.8. The van der Waals surface area contributed by atoms with E-state index >= 15 is 0 Å². The first-order valence-electron chi connectivity index (χ1n) is 11.3. The van der Waals surface area contributed by atoms with Gasteiger partial charge in [0.1, 0.15) is 11.9 Å². The number of ether oxygens (including phenoxy) is 2. The van der Waals surface area contributed by atoms with E-state index in [9.17, 15) is 8.42 Å². The van der Waals surface area contributed by atoms with Crippen molar-refractivity contribution in [3.63, 3.8) is 0 Å². The van der Waals surface area contributed by atoms with E-state index in [2.05, 4.69) is 15.4 Å². The highest BCUT2D eigenvalue weighted by Gasteiger charge is 2.36. The molecule has 7 nitrogen and oxygen atoms in total. The molecule has 3 fully saturated rings. The minimum Gasteiger partial charge on any atom is -0.488 e. The predicted molar refractivity (Wildman–Crippen MR) is 125 cm³/mol. The van der Waals surface area contributed by atoms with Crippen molar-refractivity contribution >= 4 is 32.3 Å². The number of nitrogens with zero attached hydrogens (tertiary/aromatic N) is 1. The smallest absolute Gasteiger partial charge is 0.235 e. The highest BCUT2D eigenvalue weighted by atomic mass is 32.2. The number of anilines is 2. The van der Waals surface area contributed by atoms with E-state index in [1.165, 1.54) is 0 Å². The quantitative estimate of drug-likeness (QED) is 0.556. The first-order chi connectivity index (χ1) is 15.5. The first kappa shape index (κ1) is 19.9. The number of fused-ring (bicyclic) bond motifs is 1. The van der Waals surface area contributed by atoms with Crippen LogP contribution >= 0.6 is 0 Å². The van der Waals surface area contributed by atoms with Crippen molar-refractivity contribution in [1.29, 1.82) is 0 Å². The van der Waals surface area contributed by atoms with Gasteiger partial charge in [-0.15, -0.1) is 0 Å². The summed E-state index contributed by atoms with van der Waals surface area (Å²) in [4.78, 5) is 0. The Morgan fingerprint density at radius 2 is 1.81 bits per heavy atom. The second-order valence-corrected chi connectivity index (χ2v) is 11.0. The van der Waals surface area contributed by atoms with Gasteiger partial charge in [0.05, 0.1) is 35.4 Å². The van der Waals surface area contributed by atoms with Crippen LogP contribution in [0.4, 0.5) is 11.4 Å². The number of nitrogen functional groups attached to an aromatic ring is 1. The third-order valence-corrected chi connectivity index (χ3v) is 8.37. The fourth-order valence-corrected chi connectivity index (χ4v) is 5.90. The third-order valence-electron chi connectivity index (χ3n) is 6.50. The Morgan fingerprint density at radius 1 is 1.03 bits per heavy atom. The molecule has 3 aromatic rings. The summed E-state index contributed by atoms with van der Waals surface area (Å²) in [5.74, 6) is 0.837. The van der Waals surface area contributed by atoms with Crippen LogP contribution in [-0.4, -0.2) is 37.6 Å². The maximum atomic E-state index is 12.2. The summed E-state index contributed by atoms with van der Waals surface area (Å²) < 4.78 is 41.1. The van der Waals surface area contributed by atoms with Crippen LogP contribution in [-0.2, 0) is 14.8 Å². The number of nitrogens with two attached hydrogens (primary N) is 1. The van der Waals surface area contributed by atoms with Gasteiger partial charge in [-0.3, -0.25) is 4.72 Å². The zero-order valence-corrected chi connectivity index (χ0v) is 18.6. The maximum absolute atomic E-state index is 12.2. The molecule has 2 heterocycles. The second-order valence-electron chi connectivity index (χ2n) is 9.07. The van der Waals surface area contributed by atoms with Gasteiger partial charge in [-0.05, 0) is 49.9 Å². The zero-order valence-electron chi connectivity index (χ0n) is 17.8. The van der Waals surface area contributed by atoms with Crippen LogP contribution in [0, 0.1) is 0 Å². The molecular formula is C24H27N3O4S. The van der Waals surface area contributed by atoms with Gasteiger partial charge in [0.15, 0.2) is 0 Å². The lowest BCUT2D eigenvalue weighted by Crippen LogP contribution is -2.17. The Bertz CT molecular complexity index is 1270. The lowest BCUT2D eigenvalue weighted by molar-refractivity contribution is 0.141. The molecule has 0 spiro atoms. The summed E-state index contributed by atoms with van der Waals surface area (Å²) >= 11 is 0. The Kier molecular flexibility index (Phi) is 4.62. The molecule has 1 aromatic heterocycles. The molecule has 8 heteroatoms. The second kappa shape index (κ2) is 7.42. The van der Waals surface area contributed by atoms with Gasteiger partial charge in [-0.1, -0.05) is 12.1 Å². The van der Waals surface area contributed by atoms with Gasteiger partial charge in [-0.2, -0.15) is 0 Å². The number of sulfonamides is 1. The fraction of sp³-hybridized carbons (Fsp3) is 0.417. The van der Waals surface area contributed by atoms with Crippen molar-refractivity contribution in [2.24, 2.45) is 0 Å². The summed E-state index contributed by atoms with van der Waals surface area (Å²) in [7, 11) is -3.28. The standard InChI is InChI=1S/C24H27N3O4S/c25-23-21-10-7-18(31-19-11-12-30-14-19)13-22(21)27(17-5-6-17)24(23)15-1-3-16(4-2-15)26-32(28,29)20-8-9-20/h1-4,7,10,13,17,19-20,26H,5-6,8-9,11-12,14,25H2. The molecule has 0 amide bonds. The van der Waals surface area contributed by atoms with Crippen LogP contribution in [0.25, 0.3) is 22.2 Å². The Morgan fingerprint density at radius 3 is 2.47 bits per heavy atom. The van der Waals surface area contributed by atoms with E-state index in [-0.39, 0.29) is 11.4 Å². The normalized spacial score (nSPS) is 21.2. The van der Waals surface area contributed by atoms with Gasteiger partial charge in [-0.25, -0.2) is 8.42 Å². The van der Waals surface area contributed by atoms with E-state index in [1.54, 1.807) is 0 Å². The summed E-state index contributed by atoms with van der Waals surface area (Å²) in [5, 5.41) is 0.767. The largest absolute Gasteiger partial charge is 0.488 e. The lowest BCUT2D eigenvalue weighted by Gasteiger charge is -2.14. The van der Waals surface area contributed by atoms with Gasteiger partial charge in [0, 0.05) is 35.2 Å². The average molecular weight is 454 g/mol. The number of rotatable bonds is 7. The summed E-state index contributed by atoms with van der Waals surface area (Å²) in [6.45, 7) is 1.38. The lowest BCUT2D eigenvalue weighted by atomic mass is 10.1. The van der Waals surface area contributed by atoms with Crippen LogP contribution < -0.4 is 15.2 Å². The minimum absolute atomic E-state index is 0.0977. The molecule has 2 aromatic carbocycles. The van der Waals surface area contributed by atoms with Crippen molar-refractivity contribution in [3.05, 3.63) is 42.5 Å². The monoisotopic (exact) mass is 453 g/mol. The average Bonchev–Trinajstić information content (AvgIpc) is 3.71. The molecule has 1 aliphatic heterocycles. The minimum atomic E-state index is -3.28. The maximum Gasteiger partial charge on any atom is 0.235 e. The van der Waals surface area contributed by atoms with Gasteiger partial charge in [0.2, 0.25) is 10.0 Å². The van der Waals surface area contributed by atoms with Crippen molar-refractivity contribution in [2.45, 2.75) is 49.5 Å². The van der Waals surface area contributed by atoms with Crippen LogP contribution in [0.2, 0.25) is 0 Å². The molecule has 168 valence electrons. The van der Waals surface area contributed by atoms with Crippen LogP contribution in [0.5, 0.6) is 5.75 Å². The van der Waals surface area contributed by atoms with Crippen LogP contribution in [0.1, 0.15) is 38.1 Å². The third kappa shape index (κ3) is 3.61. The Balaban J connectivity index is 1.36. The molecule has 6 rings (SSSR count). The van der Waals surface area contributed by atoms with Gasteiger partial charge in [0.25, 0.3) is 0 Å². The SMILES string of the molecule is Nc1c(-c2ccc(NS(=O)(=O)C3CC3)cc2)n(C2CC2)c2cc(OC3CCOC3)ccc12. The highest BCUT2D eigenvalue weighted by molar-refractivity contribution is 7.93. The molecule has 0 radical (unpaired) electrons. The van der Waals surface area contributed by atoms with Crippen LogP contribution in [0.3, 0.4) is 0 Å². The molecule has 2 aliphatic carbocycles. The summed E-state index contributed by atoms with van der Waals surface area (Å²) in [5.41, 5.74) is 11.0. The topological polar surface area (TPSA) is 95.6 Å². The Labute approximate surface area is 187 Å². The molecule has 32 heavy (non-hydrogen) atoms. The van der Waals surface area contributed by atoms with Gasteiger partial charge < -0.3 is 19.8 Å². The van der Waals surface area contributed by atoms with Crippen molar-refractivity contribution in [3.8, 4) is 17.0 Å². The van der Waals surface area contributed by atoms with E-state index in [0.717, 1.165) is 72.3 Å². The molecule has 1 unspecified atom stereocenters. The molecule has 3 aliphatic rings. The number of nitrogens with one attached hydrogen (secondary N) is 1. The number of aromatic nitrogens is 1. The molecule has 3 N–H and O–H groups in total. The molecule has 1 saturated heterocycles. The molecule has 1 atom stereocenters. The fourth-order valence-electron chi connectivity index (χ4n) is 4.52. The molecule has 2 saturated carbocycles. The van der Waals surface area contributed by atoms with Crippen molar-refractivity contribution < 1.29 is 17.9 Å². The predicted octanol–water partition coefficient (Wildman–Crippen LogP) is 4.30. The van der Waals surface area contributed by atoms with E-state index in [4.69, 9.17) is 15.2 Å². The number of hydrogen-bond donors (Lipinski definition) is 2.